The maximum atomic E-state index is 12.6. The van der Waals surface area contributed by atoms with Crippen LogP contribution >= 0.6 is 0 Å². The van der Waals surface area contributed by atoms with E-state index in [0.29, 0.717) is 13.2 Å². The van der Waals surface area contributed by atoms with Gasteiger partial charge < -0.3 is 14.7 Å². The van der Waals surface area contributed by atoms with Gasteiger partial charge in [-0.1, -0.05) is 12.1 Å². The number of aromatic nitrogens is 2. The summed E-state index contributed by atoms with van der Waals surface area (Å²) in [4.78, 5) is 14.2. The molecule has 0 aliphatic carbocycles. The number of phenols is 1. The van der Waals surface area contributed by atoms with Crippen LogP contribution in [0, 0.1) is 0 Å². The summed E-state index contributed by atoms with van der Waals surface area (Å²) >= 11 is 0. The first-order valence-electron chi connectivity index (χ1n) is 8.11. The Labute approximate surface area is 147 Å². The molecule has 1 amide bonds. The zero-order chi connectivity index (χ0) is 18.7. The number of carbonyl (C=O) groups excluding carboxylic acids is 1. The van der Waals surface area contributed by atoms with Crippen LogP contribution in [0.4, 0.5) is 13.2 Å². The van der Waals surface area contributed by atoms with Crippen molar-refractivity contribution in [1.82, 2.24) is 14.7 Å². The molecule has 1 aliphatic heterocycles. The third-order valence-corrected chi connectivity index (χ3v) is 4.10. The average molecular weight is 369 g/mol. The van der Waals surface area contributed by atoms with Gasteiger partial charge >= 0.3 is 6.18 Å². The van der Waals surface area contributed by atoms with Crippen LogP contribution in [0.3, 0.4) is 0 Å². The first-order valence-corrected chi connectivity index (χ1v) is 8.11. The Hall–Kier alpha value is -2.55. The van der Waals surface area contributed by atoms with E-state index >= 15 is 0 Å². The molecule has 140 valence electrons. The van der Waals surface area contributed by atoms with Gasteiger partial charge in [0.2, 0.25) is 0 Å². The molecule has 1 saturated heterocycles. The number of aromatic hydroxyl groups is 1. The van der Waals surface area contributed by atoms with Gasteiger partial charge in [-0.3, -0.25) is 9.48 Å². The molecule has 2 heterocycles. The first-order chi connectivity index (χ1) is 12.3. The molecule has 0 spiro atoms. The molecule has 2 aromatic rings. The van der Waals surface area contributed by atoms with E-state index in [4.69, 9.17) is 4.74 Å². The lowest BCUT2D eigenvalue weighted by Crippen LogP contribution is -2.42. The van der Waals surface area contributed by atoms with Gasteiger partial charge in [-0.2, -0.15) is 18.3 Å². The second-order valence-corrected chi connectivity index (χ2v) is 6.06. The quantitative estimate of drug-likeness (QED) is 0.900. The Bertz CT molecular complexity index is 776. The van der Waals surface area contributed by atoms with E-state index < -0.39 is 12.6 Å². The van der Waals surface area contributed by atoms with Crippen LogP contribution in [0.5, 0.6) is 5.75 Å². The molecule has 9 heteroatoms. The van der Waals surface area contributed by atoms with E-state index in [1.54, 1.807) is 29.2 Å². The number of benzene rings is 1. The highest BCUT2D eigenvalue weighted by atomic mass is 19.4. The smallest absolute Gasteiger partial charge is 0.390 e. The Balaban J connectivity index is 1.65. The van der Waals surface area contributed by atoms with Crippen LogP contribution in [0.1, 0.15) is 28.4 Å². The fourth-order valence-corrected chi connectivity index (χ4v) is 2.78. The molecule has 1 N–H and O–H groups in total. The van der Waals surface area contributed by atoms with Crippen molar-refractivity contribution in [2.75, 3.05) is 19.7 Å². The summed E-state index contributed by atoms with van der Waals surface area (Å²) in [6.07, 6.45) is -3.04. The zero-order valence-corrected chi connectivity index (χ0v) is 13.8. The molecule has 1 aromatic carbocycles. The molecular weight excluding hydrogens is 351 g/mol. The number of amides is 1. The predicted molar refractivity (Wildman–Crippen MR) is 85.6 cm³/mol. The second-order valence-electron chi connectivity index (χ2n) is 6.06. The molecule has 1 unspecified atom stereocenters. The van der Waals surface area contributed by atoms with E-state index in [9.17, 15) is 23.1 Å². The maximum absolute atomic E-state index is 12.6. The lowest BCUT2D eigenvalue weighted by Gasteiger charge is -2.33. The number of aryl methyl sites for hydroxylation is 1. The largest absolute Gasteiger partial charge is 0.508 e. The minimum absolute atomic E-state index is 0.112. The molecule has 1 aliphatic rings. The number of hydrogen-bond acceptors (Lipinski definition) is 4. The maximum Gasteiger partial charge on any atom is 0.390 e. The van der Waals surface area contributed by atoms with Gasteiger partial charge in [-0.25, -0.2) is 0 Å². The SMILES string of the molecule is O=C(c1cnn(CCC(F)(F)F)c1)N1CCOC(c2cccc(O)c2)C1. The van der Waals surface area contributed by atoms with Crippen LogP contribution in [0.25, 0.3) is 0 Å². The topological polar surface area (TPSA) is 67.6 Å². The summed E-state index contributed by atoms with van der Waals surface area (Å²) < 4.78 is 43.6. The van der Waals surface area contributed by atoms with Crippen LogP contribution in [-0.4, -0.2) is 51.6 Å². The molecule has 0 bridgehead atoms. The van der Waals surface area contributed by atoms with Crippen molar-refractivity contribution < 1.29 is 27.8 Å². The molecule has 6 nitrogen and oxygen atoms in total. The Morgan fingerprint density at radius 2 is 2.19 bits per heavy atom. The lowest BCUT2D eigenvalue weighted by molar-refractivity contribution is -0.137. The molecule has 0 radical (unpaired) electrons. The van der Waals surface area contributed by atoms with Crippen molar-refractivity contribution in [3.05, 3.63) is 47.8 Å². The van der Waals surface area contributed by atoms with Crippen molar-refractivity contribution in [2.45, 2.75) is 25.2 Å². The van der Waals surface area contributed by atoms with Crippen LogP contribution in [0.2, 0.25) is 0 Å². The van der Waals surface area contributed by atoms with Gasteiger partial charge in [0.1, 0.15) is 11.9 Å². The third-order valence-electron chi connectivity index (χ3n) is 4.10. The summed E-state index contributed by atoms with van der Waals surface area (Å²) in [7, 11) is 0. The number of phenolic OH excluding ortho intramolecular Hbond substituents is 1. The molecule has 1 aromatic heterocycles. The number of ether oxygens (including phenoxy) is 1. The van der Waals surface area contributed by atoms with Crippen LogP contribution < -0.4 is 0 Å². The Kier molecular flexibility index (Phi) is 5.17. The number of halogens is 3. The highest BCUT2D eigenvalue weighted by Gasteiger charge is 2.29. The Morgan fingerprint density at radius 3 is 2.92 bits per heavy atom. The monoisotopic (exact) mass is 369 g/mol. The molecule has 3 rings (SSSR count). The van der Waals surface area contributed by atoms with Crippen molar-refractivity contribution in [3.8, 4) is 5.75 Å². The van der Waals surface area contributed by atoms with Crippen LogP contribution in [-0.2, 0) is 11.3 Å². The lowest BCUT2D eigenvalue weighted by atomic mass is 10.1. The summed E-state index contributed by atoms with van der Waals surface area (Å²) in [6, 6.07) is 6.62. The fourth-order valence-electron chi connectivity index (χ4n) is 2.78. The average Bonchev–Trinajstić information content (AvgIpc) is 3.08. The number of rotatable bonds is 4. The van der Waals surface area contributed by atoms with E-state index in [1.807, 2.05) is 0 Å². The number of nitrogens with zero attached hydrogens (tertiary/aromatic N) is 3. The van der Waals surface area contributed by atoms with Crippen LogP contribution in [0.15, 0.2) is 36.7 Å². The highest BCUT2D eigenvalue weighted by molar-refractivity contribution is 5.93. The second kappa shape index (κ2) is 7.36. The van der Waals surface area contributed by atoms with Crippen molar-refractivity contribution >= 4 is 5.91 Å². The normalized spacial score (nSPS) is 18.1. The van der Waals surface area contributed by atoms with Crippen molar-refractivity contribution in [1.29, 1.82) is 0 Å². The van der Waals surface area contributed by atoms with E-state index in [1.165, 1.54) is 12.4 Å². The number of alkyl halides is 3. The standard InChI is InChI=1S/C17H18F3N3O3/c18-17(19,20)4-5-23-10-13(9-21-23)16(25)22-6-7-26-15(11-22)12-2-1-3-14(24)8-12/h1-3,8-10,15,24H,4-7,11H2. The van der Waals surface area contributed by atoms with E-state index in [2.05, 4.69) is 5.10 Å². The third kappa shape index (κ3) is 4.54. The minimum atomic E-state index is -4.27. The summed E-state index contributed by atoms with van der Waals surface area (Å²) in [5.74, 6) is -0.197. The number of carbonyl (C=O) groups is 1. The number of morpholine rings is 1. The Morgan fingerprint density at radius 1 is 1.38 bits per heavy atom. The summed E-state index contributed by atoms with van der Waals surface area (Å²) in [5.41, 5.74) is 0.993. The van der Waals surface area contributed by atoms with Crippen molar-refractivity contribution in [3.63, 3.8) is 0 Å². The van der Waals surface area contributed by atoms with Gasteiger partial charge in [-0.05, 0) is 17.7 Å². The number of hydrogen-bond donors (Lipinski definition) is 1. The van der Waals surface area contributed by atoms with Gasteiger partial charge in [0.05, 0.1) is 31.3 Å². The van der Waals surface area contributed by atoms with Gasteiger partial charge in [0.25, 0.3) is 5.91 Å². The molecular formula is C17H18F3N3O3. The van der Waals surface area contributed by atoms with E-state index in [0.717, 1.165) is 10.2 Å². The predicted octanol–water partition coefficient (Wildman–Crippen LogP) is 2.75. The van der Waals surface area contributed by atoms with Gasteiger partial charge in [-0.15, -0.1) is 0 Å². The minimum Gasteiger partial charge on any atom is -0.508 e. The zero-order valence-electron chi connectivity index (χ0n) is 13.8. The summed E-state index contributed by atoms with van der Waals surface area (Å²) in [5, 5.41) is 13.4. The fraction of sp³-hybridized carbons (Fsp3) is 0.412. The van der Waals surface area contributed by atoms with Gasteiger partial charge in [0, 0.05) is 19.3 Å². The molecule has 1 atom stereocenters. The molecule has 26 heavy (non-hydrogen) atoms. The summed E-state index contributed by atoms with van der Waals surface area (Å²) in [6.45, 7) is 0.665. The first kappa shape index (κ1) is 18.2. The molecule has 0 saturated carbocycles. The van der Waals surface area contributed by atoms with E-state index in [-0.39, 0.29) is 36.4 Å². The molecule has 1 fully saturated rings. The highest BCUT2D eigenvalue weighted by Crippen LogP contribution is 2.26. The van der Waals surface area contributed by atoms with Crippen molar-refractivity contribution in [2.24, 2.45) is 0 Å². The van der Waals surface area contributed by atoms with Gasteiger partial charge in [0.15, 0.2) is 0 Å².